The van der Waals surface area contributed by atoms with Crippen LogP contribution in [0.5, 0.6) is 0 Å². The zero-order valence-corrected chi connectivity index (χ0v) is 10.8. The second-order valence-electron chi connectivity index (χ2n) is 5.50. The van der Waals surface area contributed by atoms with Crippen molar-refractivity contribution in [2.45, 2.75) is 36.0 Å². The highest BCUT2D eigenvalue weighted by Gasteiger charge is 2.53. The summed E-state index contributed by atoms with van der Waals surface area (Å²) in [5.74, 6) is 0. The molecule has 0 aromatic heterocycles. The summed E-state index contributed by atoms with van der Waals surface area (Å²) >= 11 is 0. The first kappa shape index (κ1) is 11.2. The molecule has 0 aliphatic heterocycles. The summed E-state index contributed by atoms with van der Waals surface area (Å²) in [6.07, 6.45) is 4.89. The van der Waals surface area contributed by atoms with Gasteiger partial charge in [0.15, 0.2) is 9.84 Å². The van der Waals surface area contributed by atoms with Crippen molar-refractivity contribution in [3.8, 4) is 0 Å². The molecule has 2 aliphatic rings. The van der Waals surface area contributed by atoms with Crippen LogP contribution in [0.2, 0.25) is 0 Å². The highest BCUT2D eigenvalue weighted by Crippen LogP contribution is 2.53. The van der Waals surface area contributed by atoms with E-state index in [0.29, 0.717) is 0 Å². The van der Waals surface area contributed by atoms with E-state index in [1.54, 1.807) is 0 Å². The molecule has 0 unspecified atom stereocenters. The van der Waals surface area contributed by atoms with E-state index in [1.165, 1.54) is 6.26 Å². The van der Waals surface area contributed by atoms with Crippen molar-refractivity contribution in [1.82, 2.24) is 0 Å². The van der Waals surface area contributed by atoms with Gasteiger partial charge in [-0.15, -0.1) is 0 Å². The van der Waals surface area contributed by atoms with Gasteiger partial charge in [0.05, 0.1) is 4.75 Å². The van der Waals surface area contributed by atoms with Crippen LogP contribution < -0.4 is 5.73 Å². The minimum absolute atomic E-state index is 0.139. The Morgan fingerprint density at radius 1 is 1.00 bits per heavy atom. The third-order valence-corrected chi connectivity index (χ3v) is 6.25. The predicted molar refractivity (Wildman–Crippen MR) is 67.3 cm³/mol. The minimum Gasteiger partial charge on any atom is -0.321 e. The Labute approximate surface area is 102 Å². The first-order valence-corrected chi connectivity index (χ1v) is 7.86. The van der Waals surface area contributed by atoms with Crippen LogP contribution in [-0.2, 0) is 20.1 Å². The number of nitrogens with two attached hydrogens (primary N) is 1. The minimum atomic E-state index is -3.01. The summed E-state index contributed by atoms with van der Waals surface area (Å²) < 4.78 is 23.0. The average molecular weight is 251 g/mol. The quantitative estimate of drug-likeness (QED) is 0.889. The number of hydrogen-bond acceptors (Lipinski definition) is 3. The Kier molecular flexibility index (Phi) is 2.06. The predicted octanol–water partition coefficient (Wildman–Crippen LogP) is 1.67. The molecule has 3 rings (SSSR count). The van der Waals surface area contributed by atoms with Crippen molar-refractivity contribution >= 4 is 9.84 Å². The number of hydrogen-bond donors (Lipinski definition) is 1. The van der Waals surface area contributed by atoms with Gasteiger partial charge in [-0.2, -0.15) is 0 Å². The maximum absolute atomic E-state index is 11.8. The van der Waals surface area contributed by atoms with Gasteiger partial charge in [0, 0.05) is 11.8 Å². The van der Waals surface area contributed by atoms with E-state index in [4.69, 9.17) is 5.73 Å². The molecule has 0 bridgehead atoms. The van der Waals surface area contributed by atoms with Gasteiger partial charge in [0.2, 0.25) is 0 Å². The molecule has 2 N–H and O–H groups in total. The lowest BCUT2D eigenvalue weighted by molar-refractivity contribution is 0.586. The highest BCUT2D eigenvalue weighted by molar-refractivity contribution is 7.92. The summed E-state index contributed by atoms with van der Waals surface area (Å²) in [5.41, 5.74) is 8.03. The largest absolute Gasteiger partial charge is 0.321 e. The van der Waals surface area contributed by atoms with Crippen molar-refractivity contribution in [3.63, 3.8) is 0 Å². The molecule has 2 aliphatic carbocycles. The molecule has 4 heteroatoms. The van der Waals surface area contributed by atoms with Crippen LogP contribution in [0, 0.1) is 0 Å². The lowest BCUT2D eigenvalue weighted by Gasteiger charge is -2.15. The summed E-state index contributed by atoms with van der Waals surface area (Å²) in [5, 5.41) is 0. The molecule has 0 amide bonds. The first-order chi connectivity index (χ1) is 7.87. The van der Waals surface area contributed by atoms with Gasteiger partial charge in [0.1, 0.15) is 0 Å². The second-order valence-corrected chi connectivity index (χ2v) is 7.83. The zero-order chi connectivity index (χ0) is 12.3. The Balaban J connectivity index is 1.96. The average Bonchev–Trinajstić information content (AvgIpc) is 3.11. The fourth-order valence-electron chi connectivity index (χ4n) is 2.52. The third kappa shape index (κ3) is 1.62. The topological polar surface area (TPSA) is 60.2 Å². The monoisotopic (exact) mass is 251 g/mol. The molecule has 17 heavy (non-hydrogen) atoms. The maximum Gasteiger partial charge on any atom is 0.157 e. The van der Waals surface area contributed by atoms with Crippen LogP contribution in [0.15, 0.2) is 24.3 Å². The Hall–Kier alpha value is -0.870. The molecule has 1 aromatic rings. The van der Waals surface area contributed by atoms with Crippen molar-refractivity contribution in [2.24, 2.45) is 5.73 Å². The van der Waals surface area contributed by atoms with Crippen LogP contribution in [0.4, 0.5) is 0 Å². The van der Waals surface area contributed by atoms with Gasteiger partial charge < -0.3 is 5.73 Å². The summed E-state index contributed by atoms with van der Waals surface area (Å²) in [6.45, 7) is 0. The molecule has 0 heterocycles. The van der Waals surface area contributed by atoms with E-state index in [9.17, 15) is 8.42 Å². The standard InChI is InChI=1S/C13H17NO2S/c1-17(15,16)13(8-9-13)11-4-2-10(3-5-11)12(14)6-7-12/h2-5H,6-9,14H2,1H3. The first-order valence-electron chi connectivity index (χ1n) is 5.97. The molecule has 2 fully saturated rings. The Bertz CT molecular complexity index is 552. The van der Waals surface area contributed by atoms with E-state index in [0.717, 1.165) is 36.8 Å². The van der Waals surface area contributed by atoms with Gasteiger partial charge in [-0.05, 0) is 36.8 Å². The fourth-order valence-corrected chi connectivity index (χ4v) is 3.92. The Morgan fingerprint density at radius 2 is 1.47 bits per heavy atom. The fraction of sp³-hybridized carbons (Fsp3) is 0.538. The Morgan fingerprint density at radius 3 is 1.82 bits per heavy atom. The molecule has 92 valence electrons. The lowest BCUT2D eigenvalue weighted by atomic mass is 10.0. The normalized spacial score (nSPS) is 24.4. The molecule has 2 saturated carbocycles. The highest BCUT2D eigenvalue weighted by atomic mass is 32.2. The van der Waals surface area contributed by atoms with E-state index in [-0.39, 0.29) is 5.54 Å². The smallest absolute Gasteiger partial charge is 0.157 e. The van der Waals surface area contributed by atoms with E-state index < -0.39 is 14.6 Å². The van der Waals surface area contributed by atoms with Gasteiger partial charge in [0.25, 0.3) is 0 Å². The van der Waals surface area contributed by atoms with Gasteiger partial charge >= 0.3 is 0 Å². The van der Waals surface area contributed by atoms with E-state index in [2.05, 4.69) is 0 Å². The summed E-state index contributed by atoms with van der Waals surface area (Å²) in [6, 6.07) is 7.87. The molecule has 0 atom stereocenters. The van der Waals surface area contributed by atoms with Gasteiger partial charge in [-0.3, -0.25) is 0 Å². The molecular weight excluding hydrogens is 234 g/mol. The number of rotatable bonds is 3. The molecule has 1 aromatic carbocycles. The molecule has 0 radical (unpaired) electrons. The van der Waals surface area contributed by atoms with Crippen molar-refractivity contribution < 1.29 is 8.42 Å². The van der Waals surface area contributed by atoms with Crippen molar-refractivity contribution in [1.29, 1.82) is 0 Å². The van der Waals surface area contributed by atoms with Crippen molar-refractivity contribution in [3.05, 3.63) is 35.4 Å². The number of sulfone groups is 1. The van der Waals surface area contributed by atoms with Crippen LogP contribution in [0.1, 0.15) is 36.8 Å². The summed E-state index contributed by atoms with van der Waals surface area (Å²) in [4.78, 5) is 0. The lowest BCUT2D eigenvalue weighted by Crippen LogP contribution is -2.21. The van der Waals surface area contributed by atoms with Gasteiger partial charge in [-0.25, -0.2) is 8.42 Å². The number of benzene rings is 1. The SMILES string of the molecule is CS(=O)(=O)C1(c2ccc(C3(N)CC3)cc2)CC1. The zero-order valence-electron chi connectivity index (χ0n) is 9.94. The summed E-state index contributed by atoms with van der Waals surface area (Å²) in [7, 11) is -3.01. The van der Waals surface area contributed by atoms with Crippen LogP contribution in [0.3, 0.4) is 0 Å². The molecule has 0 spiro atoms. The van der Waals surface area contributed by atoms with Crippen LogP contribution in [0.25, 0.3) is 0 Å². The van der Waals surface area contributed by atoms with Gasteiger partial charge in [-0.1, -0.05) is 24.3 Å². The molecule has 3 nitrogen and oxygen atoms in total. The van der Waals surface area contributed by atoms with Crippen LogP contribution in [-0.4, -0.2) is 14.7 Å². The third-order valence-electron chi connectivity index (χ3n) is 4.19. The maximum atomic E-state index is 11.8. The second kappa shape index (κ2) is 3.12. The van der Waals surface area contributed by atoms with Crippen LogP contribution >= 0.6 is 0 Å². The molecule has 0 saturated heterocycles. The van der Waals surface area contributed by atoms with E-state index in [1.807, 2.05) is 24.3 Å². The van der Waals surface area contributed by atoms with Crippen molar-refractivity contribution in [2.75, 3.05) is 6.26 Å². The molecular formula is C13H17NO2S. The van der Waals surface area contributed by atoms with E-state index >= 15 is 0 Å².